The van der Waals surface area contributed by atoms with Gasteiger partial charge in [0, 0.05) is 10.9 Å². The van der Waals surface area contributed by atoms with E-state index in [1.165, 1.54) is 22.2 Å². The van der Waals surface area contributed by atoms with Gasteiger partial charge in [-0.05, 0) is 12.1 Å². The second-order valence-corrected chi connectivity index (χ2v) is 6.28. The van der Waals surface area contributed by atoms with Crippen molar-refractivity contribution in [3.05, 3.63) is 45.8 Å². The molecule has 1 N–H and O–H groups in total. The van der Waals surface area contributed by atoms with Crippen LogP contribution < -0.4 is 5.32 Å². The first kappa shape index (κ1) is 16.4. The van der Waals surface area contributed by atoms with Gasteiger partial charge in [0.25, 0.3) is 0 Å². The number of nitriles is 1. The minimum absolute atomic E-state index is 0.0702. The lowest BCUT2D eigenvalue weighted by molar-refractivity contribution is -0.116. The molecule has 0 aliphatic heterocycles. The molecule has 3 rings (SSSR count). The van der Waals surface area contributed by atoms with Crippen LogP contribution in [0.25, 0.3) is 11.3 Å². The highest BCUT2D eigenvalue weighted by Gasteiger charge is 2.12. The Morgan fingerprint density at radius 3 is 2.96 bits per heavy atom. The molecule has 3 aromatic rings. The zero-order valence-corrected chi connectivity index (χ0v) is 14.2. The number of anilines is 1. The maximum absolute atomic E-state index is 12.0. The van der Waals surface area contributed by atoms with Crippen LogP contribution in [0.15, 0.2) is 29.9 Å². The first-order chi connectivity index (χ1) is 11.6. The quantitative estimate of drug-likeness (QED) is 0.751. The number of hydrogen-bond acceptors (Lipinski definition) is 6. The Balaban J connectivity index is 1.71. The van der Waals surface area contributed by atoms with E-state index in [1.54, 1.807) is 23.6 Å². The maximum Gasteiger partial charge on any atom is 0.246 e. The van der Waals surface area contributed by atoms with Gasteiger partial charge in [-0.15, -0.1) is 21.5 Å². The van der Waals surface area contributed by atoms with E-state index < -0.39 is 0 Å². The predicted molar refractivity (Wildman–Crippen MR) is 90.9 cm³/mol. The van der Waals surface area contributed by atoms with Crippen LogP contribution >= 0.6 is 34.5 Å². The van der Waals surface area contributed by atoms with E-state index in [0.29, 0.717) is 20.9 Å². The van der Waals surface area contributed by atoms with Crippen molar-refractivity contribution in [3.8, 4) is 17.3 Å². The highest BCUT2D eigenvalue weighted by atomic mass is 35.5. The Hall–Kier alpha value is -2.47. The molecule has 0 radical (unpaired) electrons. The Labute approximate surface area is 150 Å². The molecule has 0 bridgehead atoms. The van der Waals surface area contributed by atoms with Gasteiger partial charge in [-0.25, -0.2) is 4.98 Å². The van der Waals surface area contributed by atoms with E-state index in [4.69, 9.17) is 28.5 Å². The summed E-state index contributed by atoms with van der Waals surface area (Å²) >= 11 is 13.2. The fourth-order valence-electron chi connectivity index (χ4n) is 1.89. The number of benzene rings is 1. The number of rotatable bonds is 4. The zero-order valence-electron chi connectivity index (χ0n) is 11.9. The normalized spacial score (nSPS) is 10.4. The number of carbonyl (C=O) groups is 1. The van der Waals surface area contributed by atoms with Crippen molar-refractivity contribution in [2.45, 2.75) is 6.54 Å². The molecule has 10 heteroatoms. The highest BCUT2D eigenvalue weighted by Crippen LogP contribution is 2.30. The van der Waals surface area contributed by atoms with Crippen LogP contribution in [0.4, 0.5) is 5.13 Å². The third-order valence-electron chi connectivity index (χ3n) is 3.00. The molecular weight excluding hydrogens is 371 g/mol. The van der Waals surface area contributed by atoms with Crippen molar-refractivity contribution in [3.63, 3.8) is 0 Å². The Morgan fingerprint density at radius 2 is 2.21 bits per heavy atom. The van der Waals surface area contributed by atoms with Gasteiger partial charge in [0.15, 0.2) is 5.13 Å². The van der Waals surface area contributed by atoms with E-state index in [0.717, 1.165) is 5.56 Å². The summed E-state index contributed by atoms with van der Waals surface area (Å²) in [5, 5.41) is 21.8. The molecule has 120 valence electrons. The van der Waals surface area contributed by atoms with Gasteiger partial charge in [-0.1, -0.05) is 29.3 Å². The lowest BCUT2D eigenvalue weighted by Crippen LogP contribution is -2.19. The van der Waals surface area contributed by atoms with Crippen LogP contribution in [0.1, 0.15) is 5.82 Å². The number of amides is 1. The number of thiazole rings is 1. The van der Waals surface area contributed by atoms with E-state index in [2.05, 4.69) is 20.5 Å². The number of carbonyl (C=O) groups excluding carboxylic acids is 1. The molecule has 1 aromatic carbocycles. The third kappa shape index (κ3) is 3.54. The summed E-state index contributed by atoms with van der Waals surface area (Å²) in [4.78, 5) is 16.4. The van der Waals surface area contributed by atoms with Crippen molar-refractivity contribution in [2.24, 2.45) is 0 Å². The van der Waals surface area contributed by atoms with Crippen molar-refractivity contribution in [2.75, 3.05) is 5.32 Å². The van der Waals surface area contributed by atoms with Gasteiger partial charge in [0.1, 0.15) is 18.9 Å². The fourth-order valence-corrected chi connectivity index (χ4v) is 2.92. The van der Waals surface area contributed by atoms with Gasteiger partial charge < -0.3 is 5.32 Å². The Kier molecular flexibility index (Phi) is 4.76. The van der Waals surface area contributed by atoms with E-state index in [1.807, 2.05) is 6.07 Å². The average Bonchev–Trinajstić information content (AvgIpc) is 3.19. The molecule has 7 nitrogen and oxygen atoms in total. The van der Waals surface area contributed by atoms with Gasteiger partial charge in [0.05, 0.1) is 15.7 Å². The first-order valence-electron chi connectivity index (χ1n) is 6.55. The minimum Gasteiger partial charge on any atom is -0.300 e. The van der Waals surface area contributed by atoms with Crippen LogP contribution in [0.2, 0.25) is 10.0 Å². The van der Waals surface area contributed by atoms with Crippen LogP contribution in [0.5, 0.6) is 0 Å². The second-order valence-electron chi connectivity index (χ2n) is 4.61. The maximum atomic E-state index is 12.0. The molecular formula is C14H8Cl2N6OS. The molecule has 0 spiro atoms. The third-order valence-corrected chi connectivity index (χ3v) is 4.49. The van der Waals surface area contributed by atoms with Crippen molar-refractivity contribution in [1.29, 1.82) is 5.26 Å². The largest absolute Gasteiger partial charge is 0.300 e. The molecule has 0 unspecified atom stereocenters. The van der Waals surface area contributed by atoms with Gasteiger partial charge in [-0.2, -0.15) is 5.26 Å². The highest BCUT2D eigenvalue weighted by molar-refractivity contribution is 7.14. The van der Waals surface area contributed by atoms with Crippen molar-refractivity contribution in [1.82, 2.24) is 19.7 Å². The predicted octanol–water partition coefficient (Wildman–Crippen LogP) is 3.22. The number of halogens is 2. The van der Waals surface area contributed by atoms with Crippen LogP contribution in [-0.4, -0.2) is 25.7 Å². The SMILES string of the molecule is N#Cc1nncn1CC(=O)Nc1nc(-c2ccc(Cl)c(Cl)c2)cs1. The van der Waals surface area contributed by atoms with Crippen LogP contribution in [-0.2, 0) is 11.3 Å². The second kappa shape index (κ2) is 6.97. The molecule has 0 atom stereocenters. The van der Waals surface area contributed by atoms with Gasteiger partial charge in [0.2, 0.25) is 11.7 Å². The van der Waals surface area contributed by atoms with Crippen molar-refractivity contribution < 1.29 is 4.79 Å². The molecule has 2 heterocycles. The summed E-state index contributed by atoms with van der Waals surface area (Å²) in [5.74, 6) is -0.262. The molecule has 2 aromatic heterocycles. The molecule has 24 heavy (non-hydrogen) atoms. The number of nitrogens with zero attached hydrogens (tertiary/aromatic N) is 5. The van der Waals surface area contributed by atoms with Crippen molar-refractivity contribution >= 4 is 45.6 Å². The standard InChI is InChI=1S/C14H8Cl2N6OS/c15-9-2-1-8(3-10(9)16)11-6-24-14(19-11)20-13(23)5-22-7-18-21-12(22)4-17/h1-3,6-7H,5H2,(H,19,20,23). The zero-order chi connectivity index (χ0) is 17.1. The summed E-state index contributed by atoms with van der Waals surface area (Å²) in [5.41, 5.74) is 1.47. The van der Waals surface area contributed by atoms with E-state index in [-0.39, 0.29) is 18.3 Å². The lowest BCUT2D eigenvalue weighted by Gasteiger charge is -2.03. The van der Waals surface area contributed by atoms with Gasteiger partial charge in [-0.3, -0.25) is 9.36 Å². The molecule has 0 saturated heterocycles. The number of hydrogen-bond donors (Lipinski definition) is 1. The first-order valence-corrected chi connectivity index (χ1v) is 8.19. The van der Waals surface area contributed by atoms with E-state index in [9.17, 15) is 4.79 Å². The van der Waals surface area contributed by atoms with E-state index >= 15 is 0 Å². The monoisotopic (exact) mass is 378 g/mol. The molecule has 0 aliphatic rings. The molecule has 1 amide bonds. The Bertz CT molecular complexity index is 945. The average molecular weight is 379 g/mol. The summed E-state index contributed by atoms with van der Waals surface area (Å²) < 4.78 is 1.35. The smallest absolute Gasteiger partial charge is 0.246 e. The summed E-state index contributed by atoms with van der Waals surface area (Å²) in [7, 11) is 0. The van der Waals surface area contributed by atoms with Gasteiger partial charge >= 0.3 is 0 Å². The molecule has 0 saturated carbocycles. The lowest BCUT2D eigenvalue weighted by atomic mass is 10.2. The molecule has 0 aliphatic carbocycles. The minimum atomic E-state index is -0.332. The summed E-state index contributed by atoms with van der Waals surface area (Å²) in [6.07, 6.45) is 1.32. The van der Waals surface area contributed by atoms with Crippen LogP contribution in [0.3, 0.4) is 0 Å². The van der Waals surface area contributed by atoms with Crippen LogP contribution in [0, 0.1) is 11.3 Å². The number of nitrogens with one attached hydrogen (secondary N) is 1. The summed E-state index contributed by atoms with van der Waals surface area (Å²) in [6.45, 7) is -0.0718. The fraction of sp³-hybridized carbons (Fsp3) is 0.0714. The number of aromatic nitrogens is 4. The molecule has 0 fully saturated rings. The summed E-state index contributed by atoms with van der Waals surface area (Å²) in [6, 6.07) is 7.05. The Morgan fingerprint density at radius 1 is 1.38 bits per heavy atom. The topological polar surface area (TPSA) is 96.5 Å².